The van der Waals surface area contributed by atoms with Crippen LogP contribution in [0.4, 0.5) is 5.69 Å². The van der Waals surface area contributed by atoms with Crippen molar-refractivity contribution in [2.75, 3.05) is 11.1 Å². The normalized spacial score (nSPS) is 10.7. The molecule has 0 aliphatic rings. The predicted molar refractivity (Wildman–Crippen MR) is 126 cm³/mol. The molecule has 2 aromatic heterocycles. The molecule has 0 bridgehead atoms. The topological polar surface area (TPSA) is 84.0 Å². The zero-order valence-electron chi connectivity index (χ0n) is 16.8. The zero-order valence-corrected chi connectivity index (χ0v) is 18.4. The molecule has 6 nitrogen and oxygen atoms in total. The monoisotopic (exact) mass is 448 g/mol. The van der Waals surface area contributed by atoms with Crippen LogP contribution in [0.5, 0.6) is 0 Å². The number of hydrogen-bond donors (Lipinski definition) is 2. The van der Waals surface area contributed by atoms with Gasteiger partial charge < -0.3 is 10.6 Å². The lowest BCUT2D eigenvalue weighted by molar-refractivity contribution is -0.113. The van der Waals surface area contributed by atoms with Gasteiger partial charge in [-0.25, -0.2) is 9.97 Å². The number of hydrogen-bond acceptors (Lipinski definition) is 6. The molecule has 31 heavy (non-hydrogen) atoms. The largest absolute Gasteiger partial charge is 0.348 e. The molecule has 0 aliphatic heterocycles. The van der Waals surface area contributed by atoms with Crippen LogP contribution in [0.1, 0.15) is 21.5 Å². The van der Waals surface area contributed by atoms with Gasteiger partial charge in [0.1, 0.15) is 16.2 Å². The van der Waals surface area contributed by atoms with Gasteiger partial charge >= 0.3 is 0 Å². The molecular weight excluding hydrogens is 428 g/mol. The van der Waals surface area contributed by atoms with Gasteiger partial charge in [0.05, 0.1) is 17.0 Å². The van der Waals surface area contributed by atoms with Crippen molar-refractivity contribution < 1.29 is 9.59 Å². The summed E-state index contributed by atoms with van der Waals surface area (Å²) in [6.45, 7) is 2.44. The smallest absolute Gasteiger partial charge is 0.253 e. The molecule has 0 fully saturated rings. The van der Waals surface area contributed by atoms with Crippen LogP contribution in [0.15, 0.2) is 71.3 Å². The second kappa shape index (κ2) is 9.72. The van der Waals surface area contributed by atoms with Crippen molar-refractivity contribution >= 4 is 50.8 Å². The molecule has 0 radical (unpaired) electrons. The summed E-state index contributed by atoms with van der Waals surface area (Å²) in [4.78, 5) is 34.6. The van der Waals surface area contributed by atoms with E-state index in [1.807, 2.05) is 42.6 Å². The number of benzene rings is 2. The molecule has 2 heterocycles. The minimum atomic E-state index is -0.236. The van der Waals surface area contributed by atoms with E-state index in [0.717, 1.165) is 20.8 Å². The molecule has 8 heteroatoms. The number of aryl methyl sites for hydroxylation is 1. The van der Waals surface area contributed by atoms with E-state index in [9.17, 15) is 9.59 Å². The van der Waals surface area contributed by atoms with Gasteiger partial charge in [-0.1, -0.05) is 53.7 Å². The van der Waals surface area contributed by atoms with Crippen molar-refractivity contribution in [2.24, 2.45) is 0 Å². The first-order valence-corrected chi connectivity index (χ1v) is 11.5. The summed E-state index contributed by atoms with van der Waals surface area (Å²) in [6.07, 6.45) is 1.51. The highest BCUT2D eigenvalue weighted by Crippen LogP contribution is 2.27. The molecule has 0 saturated heterocycles. The second-order valence-corrected chi connectivity index (χ2v) is 8.73. The lowest BCUT2D eigenvalue weighted by Gasteiger charge is -2.12. The third kappa shape index (κ3) is 5.28. The van der Waals surface area contributed by atoms with Crippen molar-refractivity contribution in [3.05, 3.63) is 83.0 Å². The van der Waals surface area contributed by atoms with Gasteiger partial charge in [-0.2, -0.15) is 0 Å². The molecule has 4 aromatic rings. The van der Waals surface area contributed by atoms with Crippen LogP contribution in [-0.2, 0) is 11.3 Å². The maximum atomic E-state index is 12.7. The van der Waals surface area contributed by atoms with Gasteiger partial charge in [0.2, 0.25) is 5.91 Å². The van der Waals surface area contributed by atoms with Gasteiger partial charge in [0, 0.05) is 11.9 Å². The number of anilines is 1. The van der Waals surface area contributed by atoms with Crippen molar-refractivity contribution in [3.8, 4) is 0 Å². The van der Waals surface area contributed by atoms with E-state index in [-0.39, 0.29) is 17.6 Å². The number of nitrogens with zero attached hydrogens (tertiary/aromatic N) is 2. The summed E-state index contributed by atoms with van der Waals surface area (Å²) in [5.41, 5.74) is 3.09. The maximum Gasteiger partial charge on any atom is 0.253 e. The number of thiophene rings is 1. The number of nitrogens with one attached hydrogen (secondary N) is 2. The van der Waals surface area contributed by atoms with E-state index in [4.69, 9.17) is 0 Å². The predicted octanol–water partition coefficient (Wildman–Crippen LogP) is 4.66. The van der Waals surface area contributed by atoms with Crippen LogP contribution in [0.3, 0.4) is 0 Å². The maximum absolute atomic E-state index is 12.7. The Labute approximate surface area is 188 Å². The van der Waals surface area contributed by atoms with E-state index in [1.165, 1.54) is 35.0 Å². The molecule has 0 unspecified atom stereocenters. The van der Waals surface area contributed by atoms with Crippen LogP contribution in [0.25, 0.3) is 10.2 Å². The van der Waals surface area contributed by atoms with Gasteiger partial charge in [-0.05, 0) is 36.1 Å². The zero-order chi connectivity index (χ0) is 21.6. The van der Waals surface area contributed by atoms with Crippen LogP contribution in [0.2, 0.25) is 0 Å². The minimum absolute atomic E-state index is 0.182. The number of carbonyl (C=O) groups excluding carboxylic acids is 2. The van der Waals surface area contributed by atoms with Gasteiger partial charge in [0.15, 0.2) is 0 Å². The van der Waals surface area contributed by atoms with E-state index < -0.39 is 0 Å². The Hall–Kier alpha value is -3.23. The van der Waals surface area contributed by atoms with E-state index in [0.29, 0.717) is 17.8 Å². The van der Waals surface area contributed by atoms with E-state index in [2.05, 4.69) is 20.6 Å². The Morgan fingerprint density at radius 1 is 1.03 bits per heavy atom. The number of aromatic nitrogens is 2. The van der Waals surface area contributed by atoms with Crippen molar-refractivity contribution in [1.29, 1.82) is 0 Å². The Morgan fingerprint density at radius 2 is 1.84 bits per heavy atom. The summed E-state index contributed by atoms with van der Waals surface area (Å²) >= 11 is 2.89. The van der Waals surface area contributed by atoms with E-state index in [1.54, 1.807) is 24.3 Å². The molecule has 2 amide bonds. The summed E-state index contributed by atoms with van der Waals surface area (Å²) in [6, 6.07) is 16.9. The van der Waals surface area contributed by atoms with Gasteiger partial charge in [-0.3, -0.25) is 9.59 Å². The number of thioether (sulfide) groups is 1. The van der Waals surface area contributed by atoms with Crippen LogP contribution in [0, 0.1) is 6.92 Å². The lowest BCUT2D eigenvalue weighted by Crippen LogP contribution is -2.25. The Bertz CT molecular complexity index is 1220. The highest BCUT2D eigenvalue weighted by atomic mass is 32.2. The molecule has 0 saturated carbocycles. The number of amides is 2. The summed E-state index contributed by atoms with van der Waals surface area (Å²) in [5, 5.41) is 9.43. The fraction of sp³-hybridized carbons (Fsp3) is 0.130. The molecular formula is C23H20N4O2S2. The van der Waals surface area contributed by atoms with Crippen molar-refractivity contribution in [3.63, 3.8) is 0 Å². The van der Waals surface area contributed by atoms with Gasteiger partial charge in [0.25, 0.3) is 5.91 Å². The molecule has 0 spiro atoms. The quantitative estimate of drug-likeness (QED) is 0.317. The standard InChI is InChI=1S/C23H20N4O2S2/c1-15-6-8-16(9-7-15)12-24-21(29)17-4-2-3-5-19(17)27-20(28)13-31-23-18-10-11-30-22(18)25-14-26-23/h2-11,14H,12-13H2,1H3,(H,24,29)(H,27,28). The van der Waals surface area contributed by atoms with Crippen LogP contribution >= 0.6 is 23.1 Å². The van der Waals surface area contributed by atoms with Crippen LogP contribution < -0.4 is 10.6 Å². The fourth-order valence-corrected chi connectivity index (χ4v) is 4.56. The van der Waals surface area contributed by atoms with Crippen molar-refractivity contribution in [1.82, 2.24) is 15.3 Å². The average molecular weight is 449 g/mol. The Balaban J connectivity index is 1.38. The van der Waals surface area contributed by atoms with Crippen LogP contribution in [-0.4, -0.2) is 27.5 Å². The highest BCUT2D eigenvalue weighted by molar-refractivity contribution is 8.00. The molecule has 156 valence electrons. The Morgan fingerprint density at radius 3 is 2.68 bits per heavy atom. The van der Waals surface area contributed by atoms with E-state index >= 15 is 0 Å². The number of para-hydroxylation sites is 1. The first-order chi connectivity index (χ1) is 15.1. The highest BCUT2D eigenvalue weighted by Gasteiger charge is 2.14. The third-order valence-corrected chi connectivity index (χ3v) is 6.41. The summed E-state index contributed by atoms with van der Waals surface area (Å²) < 4.78 is 0. The first-order valence-electron chi connectivity index (χ1n) is 9.64. The third-order valence-electron chi connectivity index (χ3n) is 4.58. The first kappa shape index (κ1) is 21.0. The molecule has 2 N–H and O–H groups in total. The SMILES string of the molecule is Cc1ccc(CNC(=O)c2ccccc2NC(=O)CSc2ncnc3sccc23)cc1. The number of fused-ring (bicyclic) bond motifs is 1. The number of rotatable bonds is 7. The lowest BCUT2D eigenvalue weighted by atomic mass is 10.1. The molecule has 2 aromatic carbocycles. The summed E-state index contributed by atoms with van der Waals surface area (Å²) in [7, 11) is 0. The molecule has 4 rings (SSSR count). The number of carbonyl (C=O) groups is 2. The van der Waals surface area contributed by atoms with Crippen molar-refractivity contribution in [2.45, 2.75) is 18.5 Å². The molecule has 0 aliphatic carbocycles. The van der Waals surface area contributed by atoms with Gasteiger partial charge in [-0.15, -0.1) is 11.3 Å². The second-order valence-electron chi connectivity index (χ2n) is 6.87. The Kier molecular flexibility index (Phi) is 6.59. The average Bonchev–Trinajstić information content (AvgIpc) is 3.27. The minimum Gasteiger partial charge on any atom is -0.348 e. The fourth-order valence-electron chi connectivity index (χ4n) is 2.98. The molecule has 0 atom stereocenters. The summed E-state index contributed by atoms with van der Waals surface area (Å²) in [5.74, 6) is -0.257.